The number of aromatic nitrogens is 2. The Labute approximate surface area is 190 Å². The van der Waals surface area contributed by atoms with Crippen LogP contribution >= 0.6 is 0 Å². The first-order valence-corrected chi connectivity index (χ1v) is 13.2. The van der Waals surface area contributed by atoms with Gasteiger partial charge in [-0.15, -0.1) is 0 Å². The molecule has 2 saturated heterocycles. The van der Waals surface area contributed by atoms with E-state index in [1.54, 1.807) is 12.1 Å². The highest BCUT2D eigenvalue weighted by Gasteiger charge is 2.22. The van der Waals surface area contributed by atoms with Crippen LogP contribution in [-0.4, -0.2) is 75.4 Å². The molecular weight excluding hydrogens is 422 g/mol. The first-order chi connectivity index (χ1) is 15.4. The third-order valence-corrected chi connectivity index (χ3v) is 7.91. The van der Waals surface area contributed by atoms with E-state index in [1.807, 2.05) is 12.1 Å². The van der Waals surface area contributed by atoms with Crippen LogP contribution in [0.1, 0.15) is 18.9 Å². The molecule has 4 heterocycles. The normalized spacial score (nSPS) is 20.8. The fourth-order valence-corrected chi connectivity index (χ4v) is 5.58. The summed E-state index contributed by atoms with van der Waals surface area (Å²) in [6, 6.07) is 14.2. The number of hydrogen-bond donors (Lipinski definition) is 0. The lowest BCUT2D eigenvalue weighted by atomic mass is 10.1. The topological polar surface area (TPSA) is 61.7 Å². The number of piperidine rings is 1. The van der Waals surface area contributed by atoms with Gasteiger partial charge < -0.3 is 19.3 Å². The van der Waals surface area contributed by atoms with Crippen molar-refractivity contribution in [3.8, 4) is 0 Å². The number of piperazine rings is 1. The van der Waals surface area contributed by atoms with Crippen molar-refractivity contribution < 1.29 is 8.42 Å². The Kier molecular flexibility index (Phi) is 5.59. The van der Waals surface area contributed by atoms with Crippen molar-refractivity contribution in [1.29, 1.82) is 0 Å². The summed E-state index contributed by atoms with van der Waals surface area (Å²) in [7, 11) is -0.964. The van der Waals surface area contributed by atoms with E-state index < -0.39 is 9.84 Å². The fraction of sp³-hybridized carbons (Fsp3) is 0.458. The summed E-state index contributed by atoms with van der Waals surface area (Å²) in [6.45, 7) is 5.79. The number of benzene rings is 1. The molecule has 0 aliphatic carbocycles. The third kappa shape index (κ3) is 4.21. The average molecular weight is 454 g/mol. The van der Waals surface area contributed by atoms with Gasteiger partial charge in [0, 0.05) is 62.3 Å². The van der Waals surface area contributed by atoms with Crippen molar-refractivity contribution in [3.63, 3.8) is 0 Å². The zero-order valence-corrected chi connectivity index (χ0v) is 19.6. The number of fused-ring (bicyclic) bond motifs is 1. The molecule has 0 N–H and O–H groups in total. The summed E-state index contributed by atoms with van der Waals surface area (Å²) in [5.41, 5.74) is 2.15. The first-order valence-electron chi connectivity index (χ1n) is 11.3. The SMILES string of the molecule is CN1CCCC(n2ccc3ccc(N4CCN(c5ccc(S(C)(=O)=O)cc5)CC4)nc32)C1. The molecule has 2 aromatic heterocycles. The standard InChI is InChI=1S/C24H31N5O2S/c1-26-12-3-4-21(18-26)29-13-11-19-5-10-23(25-24(19)29)28-16-14-27(15-17-28)20-6-8-22(9-7-20)32(2,30)31/h5-11,13,21H,3-4,12,14-18H2,1-2H3. The number of rotatable bonds is 4. The number of hydrogen-bond acceptors (Lipinski definition) is 6. The van der Waals surface area contributed by atoms with Crippen LogP contribution in [0.15, 0.2) is 53.6 Å². The van der Waals surface area contributed by atoms with E-state index >= 15 is 0 Å². The average Bonchev–Trinajstić information content (AvgIpc) is 3.22. The van der Waals surface area contributed by atoms with Crippen LogP contribution in [0.2, 0.25) is 0 Å². The Hall–Kier alpha value is -2.58. The lowest BCUT2D eigenvalue weighted by Gasteiger charge is -2.37. The third-order valence-electron chi connectivity index (χ3n) is 6.78. The second-order valence-corrected chi connectivity index (χ2v) is 11.1. The van der Waals surface area contributed by atoms with Gasteiger partial charge in [0.25, 0.3) is 0 Å². The van der Waals surface area contributed by atoms with Gasteiger partial charge in [0.2, 0.25) is 0 Å². The maximum absolute atomic E-state index is 11.7. The Balaban J connectivity index is 1.30. The molecule has 2 aliphatic heterocycles. The van der Waals surface area contributed by atoms with Gasteiger partial charge in [0.15, 0.2) is 9.84 Å². The predicted molar refractivity (Wildman–Crippen MR) is 129 cm³/mol. The van der Waals surface area contributed by atoms with Gasteiger partial charge in [-0.2, -0.15) is 0 Å². The van der Waals surface area contributed by atoms with E-state index in [2.05, 4.69) is 50.7 Å². The van der Waals surface area contributed by atoms with Crippen LogP contribution in [-0.2, 0) is 9.84 Å². The Morgan fingerprint density at radius 3 is 2.31 bits per heavy atom. The van der Waals surface area contributed by atoms with Crippen LogP contribution in [0.5, 0.6) is 0 Å². The van der Waals surface area contributed by atoms with Crippen molar-refractivity contribution >= 4 is 32.4 Å². The number of nitrogens with zero attached hydrogens (tertiary/aromatic N) is 5. The van der Waals surface area contributed by atoms with E-state index in [4.69, 9.17) is 4.98 Å². The maximum Gasteiger partial charge on any atom is 0.175 e. The number of likely N-dealkylation sites (N-methyl/N-ethyl adjacent to an activating group) is 1. The number of anilines is 2. The van der Waals surface area contributed by atoms with E-state index in [-0.39, 0.29) is 0 Å². The van der Waals surface area contributed by atoms with Crippen molar-refractivity contribution in [2.75, 3.05) is 62.4 Å². The smallest absolute Gasteiger partial charge is 0.175 e. The minimum absolute atomic E-state index is 0.365. The summed E-state index contributed by atoms with van der Waals surface area (Å²) in [5.74, 6) is 1.04. The van der Waals surface area contributed by atoms with Crippen molar-refractivity contribution in [2.45, 2.75) is 23.8 Å². The Morgan fingerprint density at radius 1 is 0.906 bits per heavy atom. The first kappa shape index (κ1) is 21.3. The van der Waals surface area contributed by atoms with Crippen LogP contribution in [0, 0.1) is 0 Å². The summed E-state index contributed by atoms with van der Waals surface area (Å²) in [6.07, 6.45) is 5.88. The summed E-state index contributed by atoms with van der Waals surface area (Å²) < 4.78 is 25.8. The van der Waals surface area contributed by atoms with Crippen molar-refractivity contribution in [2.24, 2.45) is 0 Å². The molecule has 32 heavy (non-hydrogen) atoms. The van der Waals surface area contributed by atoms with Gasteiger partial charge >= 0.3 is 0 Å². The molecule has 0 saturated carbocycles. The summed E-state index contributed by atoms with van der Waals surface area (Å²) in [5, 5.41) is 1.20. The second-order valence-electron chi connectivity index (χ2n) is 9.10. The Bertz CT molecular complexity index is 1200. The van der Waals surface area contributed by atoms with Gasteiger partial charge in [-0.25, -0.2) is 13.4 Å². The number of likely N-dealkylation sites (tertiary alicyclic amines) is 1. The van der Waals surface area contributed by atoms with E-state index in [9.17, 15) is 8.42 Å². The van der Waals surface area contributed by atoms with Gasteiger partial charge in [-0.1, -0.05) is 0 Å². The second kappa shape index (κ2) is 8.41. The zero-order chi connectivity index (χ0) is 22.3. The lowest BCUT2D eigenvalue weighted by molar-refractivity contribution is 0.215. The van der Waals surface area contributed by atoms with Gasteiger partial charge in [0.05, 0.1) is 4.90 Å². The molecule has 2 fully saturated rings. The van der Waals surface area contributed by atoms with Crippen LogP contribution in [0.4, 0.5) is 11.5 Å². The fourth-order valence-electron chi connectivity index (χ4n) is 4.95. The molecule has 0 spiro atoms. The molecule has 0 bridgehead atoms. The molecule has 1 atom stereocenters. The molecule has 0 amide bonds. The van der Waals surface area contributed by atoms with E-state index in [0.717, 1.165) is 49.9 Å². The molecule has 1 unspecified atom stereocenters. The molecule has 5 rings (SSSR count). The van der Waals surface area contributed by atoms with Crippen LogP contribution < -0.4 is 9.80 Å². The molecule has 170 valence electrons. The van der Waals surface area contributed by atoms with Crippen molar-refractivity contribution in [3.05, 3.63) is 48.7 Å². The lowest BCUT2D eigenvalue weighted by Crippen LogP contribution is -2.46. The van der Waals surface area contributed by atoms with Crippen molar-refractivity contribution in [1.82, 2.24) is 14.5 Å². The van der Waals surface area contributed by atoms with E-state index in [1.165, 1.54) is 31.0 Å². The Morgan fingerprint density at radius 2 is 1.62 bits per heavy atom. The summed E-state index contributed by atoms with van der Waals surface area (Å²) in [4.78, 5) is 12.5. The monoisotopic (exact) mass is 453 g/mol. The number of sulfone groups is 1. The molecular formula is C24H31N5O2S. The van der Waals surface area contributed by atoms with Gasteiger partial charge in [-0.05, 0) is 68.9 Å². The minimum Gasteiger partial charge on any atom is -0.368 e. The predicted octanol–water partition coefficient (Wildman–Crippen LogP) is 3.03. The minimum atomic E-state index is -3.16. The van der Waals surface area contributed by atoms with Crippen LogP contribution in [0.3, 0.4) is 0 Å². The van der Waals surface area contributed by atoms with Gasteiger partial charge in [0.1, 0.15) is 11.5 Å². The molecule has 0 radical (unpaired) electrons. The quantitative estimate of drug-likeness (QED) is 0.605. The van der Waals surface area contributed by atoms with Gasteiger partial charge in [-0.3, -0.25) is 0 Å². The zero-order valence-electron chi connectivity index (χ0n) is 18.8. The molecule has 7 nitrogen and oxygen atoms in total. The largest absolute Gasteiger partial charge is 0.368 e. The molecule has 8 heteroatoms. The number of pyridine rings is 1. The highest BCUT2D eigenvalue weighted by Crippen LogP contribution is 2.28. The molecule has 3 aromatic rings. The highest BCUT2D eigenvalue weighted by atomic mass is 32.2. The molecule has 2 aliphatic rings. The maximum atomic E-state index is 11.7. The highest BCUT2D eigenvalue weighted by molar-refractivity contribution is 7.90. The summed E-state index contributed by atoms with van der Waals surface area (Å²) >= 11 is 0. The van der Waals surface area contributed by atoms with Crippen LogP contribution in [0.25, 0.3) is 11.0 Å². The van der Waals surface area contributed by atoms with E-state index in [0.29, 0.717) is 10.9 Å². The molecule has 1 aromatic carbocycles.